The number of nitrogens with zero attached hydrogens (tertiary/aromatic N) is 1. The first-order chi connectivity index (χ1) is 10.4. The highest BCUT2D eigenvalue weighted by atomic mass is 15.2. The number of benzene rings is 1. The lowest BCUT2D eigenvalue weighted by atomic mass is 9.85. The molecule has 0 spiro atoms. The van der Waals surface area contributed by atoms with Crippen LogP contribution in [0.2, 0.25) is 0 Å². The zero-order valence-corrected chi connectivity index (χ0v) is 13.0. The van der Waals surface area contributed by atoms with E-state index in [1.165, 1.54) is 63.7 Å². The number of rotatable bonds is 3. The molecule has 2 heterocycles. The number of hydrogen-bond acceptors (Lipinski definition) is 2. The molecule has 2 saturated heterocycles. The topological polar surface area (TPSA) is 15.3 Å². The summed E-state index contributed by atoms with van der Waals surface area (Å²) in [5.41, 5.74) is 1.54. The van der Waals surface area contributed by atoms with Gasteiger partial charge in [-0.2, -0.15) is 0 Å². The Balaban J connectivity index is 1.31. The molecule has 0 bridgehead atoms. The zero-order chi connectivity index (χ0) is 14.1. The number of likely N-dealkylation sites (tertiary alicyclic amines) is 1. The van der Waals surface area contributed by atoms with E-state index in [4.69, 9.17) is 0 Å². The third kappa shape index (κ3) is 3.02. The van der Waals surface area contributed by atoms with Crippen LogP contribution < -0.4 is 5.32 Å². The molecule has 0 radical (unpaired) electrons. The van der Waals surface area contributed by atoms with E-state index >= 15 is 0 Å². The van der Waals surface area contributed by atoms with Crippen molar-refractivity contribution < 1.29 is 0 Å². The standard InChI is InChI=1S/C19H28N2/c1-2-6-15(7-3-1)17-10-11-21(13-17)14-18-12-16-8-4-5-9-19(16)20-18/h1-3,6-7,16-20H,4-5,8-14H2. The van der Waals surface area contributed by atoms with Crippen LogP contribution in [-0.4, -0.2) is 36.6 Å². The Morgan fingerprint density at radius 2 is 1.90 bits per heavy atom. The normalized spacial score (nSPS) is 36.8. The summed E-state index contributed by atoms with van der Waals surface area (Å²) in [5.74, 6) is 1.74. The van der Waals surface area contributed by atoms with Crippen molar-refractivity contribution >= 4 is 0 Å². The molecule has 2 aliphatic heterocycles. The minimum Gasteiger partial charge on any atom is -0.310 e. The fourth-order valence-corrected chi connectivity index (χ4v) is 4.88. The molecule has 1 N–H and O–H groups in total. The van der Waals surface area contributed by atoms with Crippen molar-refractivity contribution in [3.63, 3.8) is 0 Å². The third-order valence-corrected chi connectivity index (χ3v) is 5.97. The molecule has 1 aliphatic carbocycles. The molecular weight excluding hydrogens is 256 g/mol. The maximum atomic E-state index is 3.93. The molecule has 2 nitrogen and oxygen atoms in total. The van der Waals surface area contributed by atoms with Gasteiger partial charge in [0.05, 0.1) is 0 Å². The Morgan fingerprint density at radius 1 is 1.05 bits per heavy atom. The maximum Gasteiger partial charge on any atom is 0.0200 e. The monoisotopic (exact) mass is 284 g/mol. The SMILES string of the molecule is c1ccc(C2CCN(CC3CC4CCCCC4N3)C2)cc1. The van der Waals surface area contributed by atoms with Gasteiger partial charge < -0.3 is 10.2 Å². The van der Waals surface area contributed by atoms with Gasteiger partial charge in [0, 0.05) is 25.2 Å². The second-order valence-corrected chi connectivity index (χ2v) is 7.41. The molecule has 1 aromatic rings. The molecule has 1 saturated carbocycles. The minimum atomic E-state index is 0.757. The average molecular weight is 284 g/mol. The van der Waals surface area contributed by atoms with Crippen molar-refractivity contribution in [2.45, 2.75) is 56.5 Å². The summed E-state index contributed by atoms with van der Waals surface area (Å²) in [6, 6.07) is 12.7. The average Bonchev–Trinajstić information content (AvgIpc) is 3.14. The lowest BCUT2D eigenvalue weighted by Crippen LogP contribution is -2.39. The lowest BCUT2D eigenvalue weighted by Gasteiger charge is -2.24. The van der Waals surface area contributed by atoms with E-state index in [0.717, 1.165) is 23.9 Å². The van der Waals surface area contributed by atoms with Crippen LogP contribution in [0.25, 0.3) is 0 Å². The summed E-state index contributed by atoms with van der Waals surface area (Å²) in [5, 5.41) is 3.93. The van der Waals surface area contributed by atoms with Gasteiger partial charge in [0.1, 0.15) is 0 Å². The first kappa shape index (κ1) is 13.8. The lowest BCUT2D eigenvalue weighted by molar-refractivity contribution is 0.294. The quantitative estimate of drug-likeness (QED) is 0.915. The van der Waals surface area contributed by atoms with Gasteiger partial charge in [0.25, 0.3) is 0 Å². The van der Waals surface area contributed by atoms with Gasteiger partial charge in [-0.1, -0.05) is 43.2 Å². The van der Waals surface area contributed by atoms with E-state index in [1.807, 2.05) is 0 Å². The van der Waals surface area contributed by atoms with Crippen LogP contribution in [0.5, 0.6) is 0 Å². The summed E-state index contributed by atoms with van der Waals surface area (Å²) >= 11 is 0. The number of hydrogen-bond donors (Lipinski definition) is 1. The van der Waals surface area contributed by atoms with E-state index in [1.54, 1.807) is 0 Å². The molecule has 2 heteroatoms. The largest absolute Gasteiger partial charge is 0.310 e. The molecule has 4 atom stereocenters. The molecular formula is C19H28N2. The van der Waals surface area contributed by atoms with Gasteiger partial charge >= 0.3 is 0 Å². The van der Waals surface area contributed by atoms with Crippen LogP contribution in [0, 0.1) is 5.92 Å². The first-order valence-electron chi connectivity index (χ1n) is 8.92. The Bertz CT molecular complexity index is 444. The van der Waals surface area contributed by atoms with Crippen molar-refractivity contribution in [1.82, 2.24) is 10.2 Å². The van der Waals surface area contributed by atoms with Crippen molar-refractivity contribution in [2.24, 2.45) is 5.92 Å². The fraction of sp³-hybridized carbons (Fsp3) is 0.684. The van der Waals surface area contributed by atoms with E-state index in [0.29, 0.717) is 0 Å². The molecule has 0 amide bonds. The zero-order valence-electron chi connectivity index (χ0n) is 13.0. The summed E-state index contributed by atoms with van der Waals surface area (Å²) in [6.45, 7) is 3.82. The van der Waals surface area contributed by atoms with Crippen LogP contribution >= 0.6 is 0 Å². The molecule has 21 heavy (non-hydrogen) atoms. The van der Waals surface area contributed by atoms with Crippen molar-refractivity contribution in [3.05, 3.63) is 35.9 Å². The van der Waals surface area contributed by atoms with Gasteiger partial charge in [0.15, 0.2) is 0 Å². The predicted octanol–water partition coefficient (Wildman–Crippen LogP) is 3.40. The van der Waals surface area contributed by atoms with Crippen LogP contribution in [0.1, 0.15) is 50.0 Å². The summed E-state index contributed by atoms with van der Waals surface area (Å²) in [6.07, 6.45) is 8.57. The van der Waals surface area contributed by atoms with E-state index in [-0.39, 0.29) is 0 Å². The highest BCUT2D eigenvalue weighted by Gasteiger charge is 2.36. The Hall–Kier alpha value is -0.860. The second-order valence-electron chi connectivity index (χ2n) is 7.41. The van der Waals surface area contributed by atoms with Gasteiger partial charge in [-0.15, -0.1) is 0 Å². The first-order valence-corrected chi connectivity index (χ1v) is 8.92. The second kappa shape index (κ2) is 6.10. The maximum absolute atomic E-state index is 3.93. The molecule has 4 rings (SSSR count). The Morgan fingerprint density at radius 3 is 2.76 bits per heavy atom. The molecule has 3 aliphatic rings. The molecule has 3 fully saturated rings. The van der Waals surface area contributed by atoms with Crippen LogP contribution in [0.15, 0.2) is 30.3 Å². The third-order valence-electron chi connectivity index (χ3n) is 5.97. The van der Waals surface area contributed by atoms with Gasteiger partial charge in [0.2, 0.25) is 0 Å². The summed E-state index contributed by atoms with van der Waals surface area (Å²) in [4.78, 5) is 2.70. The smallest absolute Gasteiger partial charge is 0.0200 e. The van der Waals surface area contributed by atoms with Gasteiger partial charge in [-0.25, -0.2) is 0 Å². The molecule has 1 aromatic carbocycles. The van der Waals surface area contributed by atoms with Crippen LogP contribution in [0.4, 0.5) is 0 Å². The predicted molar refractivity (Wildman–Crippen MR) is 87.5 cm³/mol. The van der Waals surface area contributed by atoms with Gasteiger partial charge in [-0.05, 0) is 49.6 Å². The van der Waals surface area contributed by atoms with Gasteiger partial charge in [-0.3, -0.25) is 0 Å². The number of fused-ring (bicyclic) bond motifs is 1. The minimum absolute atomic E-state index is 0.757. The highest BCUT2D eigenvalue weighted by Crippen LogP contribution is 2.34. The highest BCUT2D eigenvalue weighted by molar-refractivity contribution is 5.21. The Labute approximate surface area is 128 Å². The number of nitrogens with one attached hydrogen (secondary N) is 1. The van der Waals surface area contributed by atoms with Crippen LogP contribution in [0.3, 0.4) is 0 Å². The summed E-state index contributed by atoms with van der Waals surface area (Å²) in [7, 11) is 0. The van der Waals surface area contributed by atoms with Crippen molar-refractivity contribution in [2.75, 3.05) is 19.6 Å². The molecule has 4 unspecified atom stereocenters. The van der Waals surface area contributed by atoms with Crippen LogP contribution in [-0.2, 0) is 0 Å². The van der Waals surface area contributed by atoms with E-state index in [2.05, 4.69) is 40.5 Å². The van der Waals surface area contributed by atoms with E-state index < -0.39 is 0 Å². The van der Waals surface area contributed by atoms with E-state index in [9.17, 15) is 0 Å². The molecule has 114 valence electrons. The fourth-order valence-electron chi connectivity index (χ4n) is 4.88. The Kier molecular flexibility index (Phi) is 4.00. The van der Waals surface area contributed by atoms with Crippen molar-refractivity contribution in [1.29, 1.82) is 0 Å². The van der Waals surface area contributed by atoms with Crippen molar-refractivity contribution in [3.8, 4) is 0 Å². The summed E-state index contributed by atoms with van der Waals surface area (Å²) < 4.78 is 0. The molecule has 0 aromatic heterocycles.